The van der Waals surface area contributed by atoms with Crippen LogP contribution in [0.4, 0.5) is 5.69 Å². The molecule has 0 radical (unpaired) electrons. The van der Waals surface area contributed by atoms with Crippen LogP contribution < -0.4 is 10.9 Å². The van der Waals surface area contributed by atoms with Crippen molar-refractivity contribution in [2.24, 2.45) is 0 Å². The molecule has 0 aliphatic carbocycles. The molecule has 0 atom stereocenters. The highest BCUT2D eigenvalue weighted by atomic mass is 35.5. The Morgan fingerprint density at radius 2 is 2.08 bits per heavy atom. The van der Waals surface area contributed by atoms with Gasteiger partial charge in [-0.2, -0.15) is 5.10 Å². The molecule has 3 rings (SSSR count). The summed E-state index contributed by atoms with van der Waals surface area (Å²) in [5.74, 6) is 0.553. The van der Waals surface area contributed by atoms with Crippen molar-refractivity contribution >= 4 is 35.4 Å². The van der Waals surface area contributed by atoms with Crippen LogP contribution in [0.3, 0.4) is 0 Å². The van der Waals surface area contributed by atoms with E-state index in [0.29, 0.717) is 27.9 Å². The van der Waals surface area contributed by atoms with Crippen LogP contribution in [0.15, 0.2) is 48.5 Å². The van der Waals surface area contributed by atoms with Gasteiger partial charge in [-0.1, -0.05) is 41.4 Å². The lowest BCUT2D eigenvalue weighted by atomic mass is 10.1. The SMILES string of the molecule is Cc1cccc(-c2n[nH]c(=S)n2CCC(=O)NNc2cccc(Cl)c2)c1. The molecule has 2 aromatic carbocycles. The van der Waals surface area contributed by atoms with Gasteiger partial charge in [-0.15, -0.1) is 0 Å². The van der Waals surface area contributed by atoms with Crippen molar-refractivity contribution in [2.45, 2.75) is 19.9 Å². The number of hydrogen-bond acceptors (Lipinski definition) is 4. The number of hydrazine groups is 1. The number of carbonyl (C=O) groups excluding carboxylic acids is 1. The Morgan fingerprint density at radius 1 is 1.27 bits per heavy atom. The van der Waals surface area contributed by atoms with E-state index in [0.717, 1.165) is 11.1 Å². The highest BCUT2D eigenvalue weighted by Crippen LogP contribution is 2.19. The minimum atomic E-state index is -0.164. The van der Waals surface area contributed by atoms with Gasteiger partial charge in [-0.3, -0.25) is 25.3 Å². The summed E-state index contributed by atoms with van der Waals surface area (Å²) in [5.41, 5.74) is 8.29. The summed E-state index contributed by atoms with van der Waals surface area (Å²) in [6.45, 7) is 2.44. The van der Waals surface area contributed by atoms with Gasteiger partial charge < -0.3 is 0 Å². The molecule has 0 fully saturated rings. The van der Waals surface area contributed by atoms with Crippen LogP contribution in [-0.2, 0) is 11.3 Å². The van der Waals surface area contributed by atoms with E-state index < -0.39 is 0 Å². The second-order valence-corrected chi connectivity index (χ2v) is 6.63. The average Bonchev–Trinajstić information content (AvgIpc) is 2.99. The number of H-pyrrole nitrogens is 1. The molecule has 0 bridgehead atoms. The minimum Gasteiger partial charge on any atom is -0.300 e. The number of benzene rings is 2. The fraction of sp³-hybridized carbons (Fsp3) is 0.167. The van der Waals surface area contributed by atoms with Crippen LogP contribution in [0, 0.1) is 11.7 Å². The first-order valence-corrected chi connectivity index (χ1v) is 8.84. The van der Waals surface area contributed by atoms with Gasteiger partial charge in [0.15, 0.2) is 10.6 Å². The number of rotatable bonds is 6. The Kier molecular flexibility index (Phi) is 5.70. The first kappa shape index (κ1) is 18.2. The van der Waals surface area contributed by atoms with Gasteiger partial charge in [0.25, 0.3) is 0 Å². The van der Waals surface area contributed by atoms with Crippen LogP contribution in [0.25, 0.3) is 11.4 Å². The second-order valence-electron chi connectivity index (χ2n) is 5.81. The molecule has 0 aliphatic rings. The number of carbonyl (C=O) groups is 1. The number of anilines is 1. The molecule has 3 aromatic rings. The highest BCUT2D eigenvalue weighted by molar-refractivity contribution is 7.71. The maximum atomic E-state index is 12.1. The highest BCUT2D eigenvalue weighted by Gasteiger charge is 2.11. The summed E-state index contributed by atoms with van der Waals surface area (Å²) in [6, 6.07) is 15.1. The lowest BCUT2D eigenvalue weighted by Gasteiger charge is -2.10. The fourth-order valence-corrected chi connectivity index (χ4v) is 2.93. The van der Waals surface area contributed by atoms with Crippen LogP contribution in [0.2, 0.25) is 5.02 Å². The van der Waals surface area contributed by atoms with Crippen LogP contribution >= 0.6 is 23.8 Å². The molecule has 3 N–H and O–H groups in total. The summed E-state index contributed by atoms with van der Waals surface area (Å²) in [6.07, 6.45) is 0.250. The van der Waals surface area contributed by atoms with Crippen molar-refractivity contribution in [3.05, 3.63) is 63.9 Å². The number of nitrogens with zero attached hydrogens (tertiary/aromatic N) is 2. The lowest BCUT2D eigenvalue weighted by Crippen LogP contribution is -2.30. The Hall–Kier alpha value is -2.64. The number of nitrogens with one attached hydrogen (secondary N) is 3. The number of amides is 1. The molecule has 26 heavy (non-hydrogen) atoms. The number of aromatic amines is 1. The van der Waals surface area contributed by atoms with E-state index in [9.17, 15) is 4.79 Å². The van der Waals surface area contributed by atoms with E-state index in [1.807, 2.05) is 41.8 Å². The van der Waals surface area contributed by atoms with E-state index in [2.05, 4.69) is 21.0 Å². The Labute approximate surface area is 161 Å². The van der Waals surface area contributed by atoms with Gasteiger partial charge in [-0.25, -0.2) is 0 Å². The molecule has 0 spiro atoms. The molecular formula is C18H18ClN5OS. The number of aryl methyl sites for hydroxylation is 1. The molecular weight excluding hydrogens is 370 g/mol. The molecule has 0 unspecified atom stereocenters. The molecule has 0 saturated heterocycles. The largest absolute Gasteiger partial charge is 0.300 e. The average molecular weight is 388 g/mol. The lowest BCUT2D eigenvalue weighted by molar-refractivity contribution is -0.120. The summed E-state index contributed by atoms with van der Waals surface area (Å²) in [7, 11) is 0. The second kappa shape index (κ2) is 8.16. The Balaban J connectivity index is 1.64. The predicted octanol–water partition coefficient (Wildman–Crippen LogP) is 4.10. The maximum Gasteiger partial charge on any atom is 0.240 e. The van der Waals surface area contributed by atoms with E-state index >= 15 is 0 Å². The Bertz CT molecular complexity index is 981. The zero-order valence-electron chi connectivity index (χ0n) is 14.1. The smallest absolute Gasteiger partial charge is 0.240 e. The maximum absolute atomic E-state index is 12.1. The summed E-state index contributed by atoms with van der Waals surface area (Å²) in [4.78, 5) is 12.1. The van der Waals surface area contributed by atoms with Crippen molar-refractivity contribution in [1.82, 2.24) is 20.2 Å². The fourth-order valence-electron chi connectivity index (χ4n) is 2.51. The van der Waals surface area contributed by atoms with E-state index in [1.54, 1.807) is 18.2 Å². The van der Waals surface area contributed by atoms with E-state index in [4.69, 9.17) is 23.8 Å². The topological polar surface area (TPSA) is 74.7 Å². The first-order chi connectivity index (χ1) is 12.5. The van der Waals surface area contributed by atoms with Crippen LogP contribution in [0.1, 0.15) is 12.0 Å². The Morgan fingerprint density at radius 3 is 2.85 bits per heavy atom. The molecule has 1 heterocycles. The standard InChI is InChI=1S/C18H18ClN5OS/c1-12-4-2-5-13(10-12)17-22-23-18(26)24(17)9-8-16(25)21-20-15-7-3-6-14(19)11-15/h2-7,10-11,20H,8-9H2,1H3,(H,21,25)(H,23,26). The van der Waals surface area contributed by atoms with Gasteiger partial charge in [0.05, 0.1) is 5.69 Å². The van der Waals surface area contributed by atoms with Crippen molar-refractivity contribution in [2.75, 3.05) is 5.43 Å². The van der Waals surface area contributed by atoms with Gasteiger partial charge in [-0.05, 0) is 43.4 Å². The molecule has 134 valence electrons. The molecule has 6 nitrogen and oxygen atoms in total. The van der Waals surface area contributed by atoms with Crippen molar-refractivity contribution in [3.63, 3.8) is 0 Å². The van der Waals surface area contributed by atoms with Gasteiger partial charge in [0.1, 0.15) is 0 Å². The summed E-state index contributed by atoms with van der Waals surface area (Å²) >= 11 is 11.2. The van der Waals surface area contributed by atoms with Gasteiger partial charge in [0, 0.05) is 23.6 Å². The van der Waals surface area contributed by atoms with Gasteiger partial charge in [0.2, 0.25) is 5.91 Å². The zero-order chi connectivity index (χ0) is 18.5. The van der Waals surface area contributed by atoms with Crippen molar-refractivity contribution in [1.29, 1.82) is 0 Å². The normalized spacial score (nSPS) is 10.5. The third kappa shape index (κ3) is 4.50. The van der Waals surface area contributed by atoms with Crippen LogP contribution in [0.5, 0.6) is 0 Å². The molecule has 0 aliphatic heterocycles. The van der Waals surface area contributed by atoms with Gasteiger partial charge >= 0.3 is 0 Å². The minimum absolute atomic E-state index is 0.164. The zero-order valence-corrected chi connectivity index (χ0v) is 15.7. The van der Waals surface area contributed by atoms with E-state index in [-0.39, 0.29) is 12.3 Å². The summed E-state index contributed by atoms with van der Waals surface area (Å²) in [5, 5.41) is 7.68. The summed E-state index contributed by atoms with van der Waals surface area (Å²) < 4.78 is 2.31. The molecule has 1 aromatic heterocycles. The molecule has 1 amide bonds. The molecule has 8 heteroatoms. The van der Waals surface area contributed by atoms with Crippen molar-refractivity contribution in [3.8, 4) is 11.4 Å². The third-order valence-electron chi connectivity index (χ3n) is 3.77. The van der Waals surface area contributed by atoms with E-state index in [1.165, 1.54) is 0 Å². The molecule has 0 saturated carbocycles. The number of aromatic nitrogens is 3. The first-order valence-electron chi connectivity index (χ1n) is 8.05. The third-order valence-corrected chi connectivity index (χ3v) is 4.31. The quantitative estimate of drug-likeness (QED) is 0.439. The van der Waals surface area contributed by atoms with Crippen LogP contribution in [-0.4, -0.2) is 20.7 Å². The number of halogens is 1. The predicted molar refractivity (Wildman–Crippen MR) is 105 cm³/mol. The number of hydrogen-bond donors (Lipinski definition) is 3. The van der Waals surface area contributed by atoms with Crippen molar-refractivity contribution < 1.29 is 4.79 Å². The monoisotopic (exact) mass is 387 g/mol.